The van der Waals surface area contributed by atoms with Gasteiger partial charge in [0.05, 0.1) is 16.8 Å². The van der Waals surface area contributed by atoms with E-state index in [2.05, 4.69) is 16.9 Å². The maximum absolute atomic E-state index is 12.8. The second kappa shape index (κ2) is 7.36. The fourth-order valence-corrected chi connectivity index (χ4v) is 3.53. The van der Waals surface area contributed by atoms with Gasteiger partial charge >= 0.3 is 0 Å². The number of aromatic nitrogens is 2. The molecule has 1 fully saturated rings. The van der Waals surface area contributed by atoms with Crippen LogP contribution >= 0.6 is 11.6 Å². The standard InChI is InChI=1S/C18H23ClN4O/c1-3-23-14(8-11-20-23)9-12-21(2)17-10-13-22(18(17)24)16-7-5-4-6-15(16)19/h4-8,11,17H,3,9-10,12-13H2,1-2H3/t17-/m1/s1. The summed E-state index contributed by atoms with van der Waals surface area (Å²) in [4.78, 5) is 16.7. The van der Waals surface area contributed by atoms with Gasteiger partial charge in [-0.15, -0.1) is 0 Å². The zero-order chi connectivity index (χ0) is 17.1. The molecule has 0 N–H and O–H groups in total. The number of likely N-dealkylation sites (N-methyl/N-ethyl adjacent to an activating group) is 1. The molecule has 1 aromatic carbocycles. The first-order valence-electron chi connectivity index (χ1n) is 8.38. The highest BCUT2D eigenvalue weighted by atomic mass is 35.5. The summed E-state index contributed by atoms with van der Waals surface area (Å²) < 4.78 is 2.00. The molecule has 24 heavy (non-hydrogen) atoms. The third-order valence-corrected chi connectivity index (χ3v) is 5.00. The molecule has 1 aliphatic rings. The Morgan fingerprint density at radius 1 is 1.33 bits per heavy atom. The molecule has 0 bridgehead atoms. The van der Waals surface area contributed by atoms with Crippen LogP contribution in [0.3, 0.4) is 0 Å². The molecule has 6 heteroatoms. The van der Waals surface area contributed by atoms with Crippen LogP contribution in [0.25, 0.3) is 0 Å². The highest BCUT2D eigenvalue weighted by molar-refractivity contribution is 6.33. The molecule has 2 heterocycles. The van der Waals surface area contributed by atoms with Gasteiger partial charge in [0, 0.05) is 37.9 Å². The quantitative estimate of drug-likeness (QED) is 0.807. The molecule has 0 aliphatic carbocycles. The van der Waals surface area contributed by atoms with Gasteiger partial charge < -0.3 is 4.90 Å². The normalized spacial score (nSPS) is 17.9. The van der Waals surface area contributed by atoms with Gasteiger partial charge in [-0.1, -0.05) is 23.7 Å². The number of benzene rings is 1. The first-order chi connectivity index (χ1) is 11.6. The summed E-state index contributed by atoms with van der Waals surface area (Å²) in [5, 5.41) is 4.92. The van der Waals surface area contributed by atoms with E-state index in [1.807, 2.05) is 48.3 Å². The van der Waals surface area contributed by atoms with Crippen LogP contribution in [-0.4, -0.2) is 46.8 Å². The monoisotopic (exact) mass is 346 g/mol. The second-order valence-electron chi connectivity index (χ2n) is 6.11. The van der Waals surface area contributed by atoms with E-state index in [1.54, 1.807) is 4.90 Å². The van der Waals surface area contributed by atoms with Crippen LogP contribution < -0.4 is 4.90 Å². The number of aryl methyl sites for hydroxylation is 1. The van der Waals surface area contributed by atoms with Crippen LogP contribution in [0.2, 0.25) is 5.02 Å². The molecule has 1 aliphatic heterocycles. The van der Waals surface area contributed by atoms with Gasteiger partial charge in [0.1, 0.15) is 0 Å². The van der Waals surface area contributed by atoms with Crippen LogP contribution in [0.4, 0.5) is 5.69 Å². The van der Waals surface area contributed by atoms with Crippen LogP contribution in [0.5, 0.6) is 0 Å². The number of halogens is 1. The Balaban J connectivity index is 1.63. The number of hydrogen-bond donors (Lipinski definition) is 0. The van der Waals surface area contributed by atoms with Crippen molar-refractivity contribution >= 4 is 23.2 Å². The maximum Gasteiger partial charge on any atom is 0.244 e. The Kier molecular flexibility index (Phi) is 5.21. The number of rotatable bonds is 6. The number of carbonyl (C=O) groups is 1. The lowest BCUT2D eigenvalue weighted by atomic mass is 10.2. The van der Waals surface area contributed by atoms with Crippen molar-refractivity contribution in [2.75, 3.05) is 25.0 Å². The molecule has 0 radical (unpaired) electrons. The minimum atomic E-state index is -0.0840. The van der Waals surface area contributed by atoms with E-state index in [0.717, 1.165) is 31.6 Å². The van der Waals surface area contributed by atoms with E-state index in [1.165, 1.54) is 5.69 Å². The molecule has 1 saturated heterocycles. The van der Waals surface area contributed by atoms with Gasteiger partial charge in [0.2, 0.25) is 5.91 Å². The number of nitrogens with zero attached hydrogens (tertiary/aromatic N) is 4. The molecule has 0 saturated carbocycles. The van der Waals surface area contributed by atoms with Crippen LogP contribution in [-0.2, 0) is 17.8 Å². The Morgan fingerprint density at radius 3 is 2.88 bits per heavy atom. The molecular weight excluding hydrogens is 324 g/mol. The summed E-state index contributed by atoms with van der Waals surface area (Å²) in [6.45, 7) is 4.50. The van der Waals surface area contributed by atoms with Gasteiger partial charge in [0.15, 0.2) is 0 Å². The van der Waals surface area contributed by atoms with Crippen molar-refractivity contribution in [2.45, 2.75) is 32.4 Å². The number of hydrogen-bond acceptors (Lipinski definition) is 3. The lowest BCUT2D eigenvalue weighted by Gasteiger charge is -2.24. The third-order valence-electron chi connectivity index (χ3n) is 4.68. The van der Waals surface area contributed by atoms with Gasteiger partial charge in [-0.25, -0.2) is 0 Å². The number of amides is 1. The fourth-order valence-electron chi connectivity index (χ4n) is 3.29. The molecule has 1 aromatic heterocycles. The Labute approximate surface area is 147 Å². The topological polar surface area (TPSA) is 41.4 Å². The minimum absolute atomic E-state index is 0.0840. The molecule has 2 aromatic rings. The molecule has 5 nitrogen and oxygen atoms in total. The summed E-state index contributed by atoms with van der Waals surface area (Å²) >= 11 is 6.24. The van der Waals surface area contributed by atoms with Crippen molar-refractivity contribution in [2.24, 2.45) is 0 Å². The average molecular weight is 347 g/mol. The van der Waals surface area contributed by atoms with Crippen LogP contribution in [0.15, 0.2) is 36.5 Å². The van der Waals surface area contributed by atoms with E-state index in [0.29, 0.717) is 11.6 Å². The van der Waals surface area contributed by atoms with Crippen molar-refractivity contribution in [1.82, 2.24) is 14.7 Å². The van der Waals surface area contributed by atoms with Crippen molar-refractivity contribution in [3.8, 4) is 0 Å². The Hall–Kier alpha value is -1.85. The molecule has 128 valence electrons. The van der Waals surface area contributed by atoms with E-state index >= 15 is 0 Å². The zero-order valence-electron chi connectivity index (χ0n) is 14.2. The number of carbonyl (C=O) groups excluding carboxylic acids is 1. The van der Waals surface area contributed by atoms with E-state index in [4.69, 9.17) is 11.6 Å². The second-order valence-corrected chi connectivity index (χ2v) is 6.52. The van der Waals surface area contributed by atoms with Crippen molar-refractivity contribution < 1.29 is 4.79 Å². The smallest absolute Gasteiger partial charge is 0.244 e. The lowest BCUT2D eigenvalue weighted by Crippen LogP contribution is -2.40. The van der Waals surface area contributed by atoms with Gasteiger partial charge in [-0.05, 0) is 38.6 Å². The lowest BCUT2D eigenvalue weighted by molar-refractivity contribution is -0.121. The molecule has 1 amide bonds. The van der Waals surface area contributed by atoms with Crippen molar-refractivity contribution in [3.05, 3.63) is 47.2 Å². The third kappa shape index (κ3) is 3.32. The summed E-state index contributed by atoms with van der Waals surface area (Å²) in [5.41, 5.74) is 2.02. The summed E-state index contributed by atoms with van der Waals surface area (Å²) in [6, 6.07) is 9.49. The summed E-state index contributed by atoms with van der Waals surface area (Å²) in [6.07, 6.45) is 3.55. The minimum Gasteiger partial charge on any atom is -0.310 e. The Bertz CT molecular complexity index is 715. The first-order valence-corrected chi connectivity index (χ1v) is 8.76. The molecule has 0 unspecified atom stereocenters. The fraction of sp³-hybridized carbons (Fsp3) is 0.444. The average Bonchev–Trinajstić information content (AvgIpc) is 3.19. The Morgan fingerprint density at radius 2 is 2.12 bits per heavy atom. The molecule has 0 spiro atoms. The predicted octanol–water partition coefficient (Wildman–Crippen LogP) is 2.84. The predicted molar refractivity (Wildman–Crippen MR) is 96.4 cm³/mol. The van der Waals surface area contributed by atoms with Crippen molar-refractivity contribution in [3.63, 3.8) is 0 Å². The highest BCUT2D eigenvalue weighted by Crippen LogP contribution is 2.30. The highest BCUT2D eigenvalue weighted by Gasteiger charge is 2.35. The number of anilines is 1. The van der Waals surface area contributed by atoms with Gasteiger partial charge in [-0.3, -0.25) is 14.4 Å². The van der Waals surface area contributed by atoms with Crippen LogP contribution in [0.1, 0.15) is 19.0 Å². The molecular formula is C18H23ClN4O. The van der Waals surface area contributed by atoms with E-state index in [9.17, 15) is 4.79 Å². The molecule has 3 rings (SSSR count). The molecule has 1 atom stereocenters. The number of para-hydroxylation sites is 1. The largest absolute Gasteiger partial charge is 0.310 e. The van der Waals surface area contributed by atoms with E-state index < -0.39 is 0 Å². The van der Waals surface area contributed by atoms with Gasteiger partial charge in [-0.2, -0.15) is 5.10 Å². The zero-order valence-corrected chi connectivity index (χ0v) is 14.9. The van der Waals surface area contributed by atoms with E-state index in [-0.39, 0.29) is 11.9 Å². The van der Waals surface area contributed by atoms with Crippen molar-refractivity contribution in [1.29, 1.82) is 0 Å². The summed E-state index contributed by atoms with van der Waals surface area (Å²) in [5.74, 6) is 0.134. The first kappa shape index (κ1) is 17.0. The summed E-state index contributed by atoms with van der Waals surface area (Å²) in [7, 11) is 2.02. The van der Waals surface area contributed by atoms with Crippen LogP contribution in [0, 0.1) is 0 Å². The SMILES string of the molecule is CCn1nccc1CCN(C)[C@@H]1CCN(c2ccccc2Cl)C1=O. The maximum atomic E-state index is 12.8. The van der Waals surface area contributed by atoms with Gasteiger partial charge in [0.25, 0.3) is 0 Å².